The van der Waals surface area contributed by atoms with Crippen LogP contribution in [-0.4, -0.2) is 56.2 Å². The van der Waals surface area contributed by atoms with Crippen molar-refractivity contribution < 1.29 is 23.5 Å². The Morgan fingerprint density at radius 3 is 2.50 bits per heavy atom. The minimum absolute atomic E-state index is 0.120. The highest BCUT2D eigenvalue weighted by molar-refractivity contribution is 5.96. The van der Waals surface area contributed by atoms with Crippen molar-refractivity contribution in [3.05, 3.63) is 83.8 Å². The zero-order valence-corrected chi connectivity index (χ0v) is 21.8. The van der Waals surface area contributed by atoms with Crippen LogP contribution < -0.4 is 15.0 Å². The van der Waals surface area contributed by atoms with Gasteiger partial charge in [0.1, 0.15) is 11.8 Å². The first kappa shape index (κ1) is 25.9. The van der Waals surface area contributed by atoms with Crippen LogP contribution in [0.1, 0.15) is 53.4 Å². The van der Waals surface area contributed by atoms with E-state index in [4.69, 9.17) is 13.9 Å². The Kier molecular flexibility index (Phi) is 8.28. The Balaban J connectivity index is 1.51. The average molecular weight is 518 g/mol. The summed E-state index contributed by atoms with van der Waals surface area (Å²) in [5, 5.41) is 3.23. The molecule has 0 unspecified atom stereocenters. The third-order valence-electron chi connectivity index (χ3n) is 7.33. The third kappa shape index (κ3) is 6.02. The molecule has 8 nitrogen and oxygen atoms in total. The smallest absolute Gasteiger partial charge is 0.290 e. The Labute approximate surface area is 223 Å². The summed E-state index contributed by atoms with van der Waals surface area (Å²) in [6.07, 6.45) is 5.58. The number of nitrogens with one attached hydrogen (secondary N) is 1. The van der Waals surface area contributed by atoms with Gasteiger partial charge in [0, 0.05) is 31.4 Å². The Morgan fingerprint density at radius 1 is 1.05 bits per heavy atom. The summed E-state index contributed by atoms with van der Waals surface area (Å²) in [6, 6.07) is 18.1. The summed E-state index contributed by atoms with van der Waals surface area (Å²) in [6.45, 7) is 3.25. The van der Waals surface area contributed by atoms with Crippen LogP contribution in [0.15, 0.2) is 71.3 Å². The van der Waals surface area contributed by atoms with Crippen LogP contribution in [0.5, 0.6) is 5.75 Å². The molecule has 0 radical (unpaired) electrons. The summed E-state index contributed by atoms with van der Waals surface area (Å²) < 4.78 is 16.4. The largest absolute Gasteiger partial charge is 0.497 e. The lowest BCUT2D eigenvalue weighted by atomic mass is 10.0. The molecule has 1 N–H and O–H groups in total. The maximum absolute atomic E-state index is 13.9. The predicted molar refractivity (Wildman–Crippen MR) is 144 cm³/mol. The third-order valence-corrected chi connectivity index (χ3v) is 7.33. The van der Waals surface area contributed by atoms with Crippen molar-refractivity contribution in [3.8, 4) is 5.75 Å². The van der Waals surface area contributed by atoms with Crippen LogP contribution in [-0.2, 0) is 16.1 Å². The molecular formula is C30H35N3O5. The van der Waals surface area contributed by atoms with E-state index in [2.05, 4.69) is 10.2 Å². The van der Waals surface area contributed by atoms with Crippen molar-refractivity contribution in [2.75, 3.05) is 38.3 Å². The number of hydrogen-bond acceptors (Lipinski definition) is 6. The van der Waals surface area contributed by atoms with E-state index >= 15 is 0 Å². The minimum Gasteiger partial charge on any atom is -0.497 e. The molecule has 1 saturated heterocycles. The molecule has 1 aliphatic carbocycles. The van der Waals surface area contributed by atoms with E-state index in [-0.39, 0.29) is 30.2 Å². The highest BCUT2D eigenvalue weighted by Gasteiger charge is 2.35. The summed E-state index contributed by atoms with van der Waals surface area (Å²) in [5.41, 5.74) is 2.68. The molecule has 38 heavy (non-hydrogen) atoms. The molecule has 2 heterocycles. The van der Waals surface area contributed by atoms with E-state index in [1.807, 2.05) is 48.5 Å². The Morgan fingerprint density at radius 2 is 1.82 bits per heavy atom. The number of hydrogen-bond donors (Lipinski definition) is 1. The fourth-order valence-electron chi connectivity index (χ4n) is 5.30. The first-order valence-corrected chi connectivity index (χ1v) is 13.3. The normalized spacial score (nSPS) is 16.7. The second-order valence-electron chi connectivity index (χ2n) is 9.85. The number of carbonyl (C=O) groups excluding carboxylic acids is 2. The van der Waals surface area contributed by atoms with Gasteiger partial charge in [0.2, 0.25) is 5.91 Å². The highest BCUT2D eigenvalue weighted by atomic mass is 16.5. The van der Waals surface area contributed by atoms with Gasteiger partial charge in [-0.25, -0.2) is 0 Å². The topological polar surface area (TPSA) is 84.2 Å². The van der Waals surface area contributed by atoms with Gasteiger partial charge in [-0.2, -0.15) is 0 Å². The summed E-state index contributed by atoms with van der Waals surface area (Å²) in [4.78, 5) is 31.6. The number of ether oxygens (including phenoxy) is 2. The molecule has 2 fully saturated rings. The molecule has 5 rings (SSSR count). The first-order valence-electron chi connectivity index (χ1n) is 13.3. The SMILES string of the molecule is COc1cccc(CN(C(=O)c2ccco2)[C@H](C(=O)NC2CCCC2)c2ccc(N3CCOCC3)cc2)c1. The van der Waals surface area contributed by atoms with Gasteiger partial charge >= 0.3 is 0 Å². The zero-order valence-electron chi connectivity index (χ0n) is 21.8. The fourth-order valence-corrected chi connectivity index (χ4v) is 5.30. The van der Waals surface area contributed by atoms with E-state index in [0.717, 1.165) is 55.6 Å². The molecule has 1 aliphatic heterocycles. The molecule has 1 atom stereocenters. The Hall–Kier alpha value is -3.78. The van der Waals surface area contributed by atoms with E-state index in [0.29, 0.717) is 19.0 Å². The summed E-state index contributed by atoms with van der Waals surface area (Å²) in [7, 11) is 1.61. The summed E-state index contributed by atoms with van der Waals surface area (Å²) >= 11 is 0. The molecule has 3 aromatic rings. The summed E-state index contributed by atoms with van der Waals surface area (Å²) in [5.74, 6) is 0.353. The van der Waals surface area contributed by atoms with E-state index < -0.39 is 6.04 Å². The molecular weight excluding hydrogens is 482 g/mol. The molecule has 2 aliphatic rings. The van der Waals surface area contributed by atoms with Crippen molar-refractivity contribution >= 4 is 17.5 Å². The van der Waals surface area contributed by atoms with Crippen LogP contribution in [0.3, 0.4) is 0 Å². The number of benzene rings is 2. The highest BCUT2D eigenvalue weighted by Crippen LogP contribution is 2.30. The van der Waals surface area contributed by atoms with Gasteiger partial charge in [-0.1, -0.05) is 37.1 Å². The second kappa shape index (κ2) is 12.2. The lowest BCUT2D eigenvalue weighted by molar-refractivity contribution is -0.126. The maximum atomic E-state index is 13.9. The van der Waals surface area contributed by atoms with Crippen LogP contribution in [0.4, 0.5) is 5.69 Å². The fraction of sp³-hybridized carbons (Fsp3) is 0.400. The minimum atomic E-state index is -0.835. The van der Waals surface area contributed by atoms with Crippen molar-refractivity contribution in [2.45, 2.75) is 44.3 Å². The van der Waals surface area contributed by atoms with Crippen LogP contribution in [0, 0.1) is 0 Å². The van der Waals surface area contributed by atoms with Gasteiger partial charge in [-0.15, -0.1) is 0 Å². The molecule has 2 amide bonds. The van der Waals surface area contributed by atoms with Crippen LogP contribution in [0.25, 0.3) is 0 Å². The van der Waals surface area contributed by atoms with Gasteiger partial charge in [0.15, 0.2) is 5.76 Å². The molecule has 1 aromatic heterocycles. The van der Waals surface area contributed by atoms with E-state index in [1.165, 1.54) is 6.26 Å². The molecule has 1 saturated carbocycles. The number of nitrogens with zero attached hydrogens (tertiary/aromatic N) is 2. The number of rotatable bonds is 9. The zero-order chi connectivity index (χ0) is 26.3. The molecule has 8 heteroatoms. The molecule has 0 bridgehead atoms. The van der Waals surface area contributed by atoms with Crippen molar-refractivity contribution in [3.63, 3.8) is 0 Å². The quantitative estimate of drug-likeness (QED) is 0.448. The standard InChI is InChI=1S/C30H35N3O5/c1-36-26-9-4-6-22(20-26)21-33(30(35)27-10-5-17-38-27)28(29(34)31-24-7-2-3-8-24)23-11-13-25(14-12-23)32-15-18-37-19-16-32/h4-6,9-14,17,20,24,28H,2-3,7-8,15-16,18-19,21H2,1H3,(H,31,34)/t28-/m0/s1. The molecule has 2 aromatic carbocycles. The van der Waals surface area contributed by atoms with Crippen LogP contribution >= 0.6 is 0 Å². The second-order valence-corrected chi connectivity index (χ2v) is 9.85. The number of methoxy groups -OCH3 is 1. The number of carbonyl (C=O) groups is 2. The lowest BCUT2D eigenvalue weighted by Crippen LogP contribution is -2.45. The number of anilines is 1. The van der Waals surface area contributed by atoms with E-state index in [1.54, 1.807) is 24.1 Å². The van der Waals surface area contributed by atoms with Gasteiger partial charge < -0.3 is 29.0 Å². The monoisotopic (exact) mass is 517 g/mol. The van der Waals surface area contributed by atoms with E-state index in [9.17, 15) is 9.59 Å². The molecule has 0 spiro atoms. The number of morpholine rings is 1. The van der Waals surface area contributed by atoms with Gasteiger partial charge in [0.25, 0.3) is 5.91 Å². The maximum Gasteiger partial charge on any atom is 0.290 e. The first-order chi connectivity index (χ1) is 18.6. The van der Waals surface area contributed by atoms with Gasteiger partial charge in [-0.3, -0.25) is 9.59 Å². The van der Waals surface area contributed by atoms with Crippen molar-refractivity contribution in [1.82, 2.24) is 10.2 Å². The Bertz CT molecular complexity index is 1200. The van der Waals surface area contributed by atoms with Crippen molar-refractivity contribution in [2.24, 2.45) is 0 Å². The van der Waals surface area contributed by atoms with Gasteiger partial charge in [-0.05, 0) is 60.4 Å². The predicted octanol–water partition coefficient (Wildman–Crippen LogP) is 4.57. The average Bonchev–Trinajstić information content (AvgIpc) is 3.68. The lowest BCUT2D eigenvalue weighted by Gasteiger charge is -2.33. The molecule has 200 valence electrons. The van der Waals surface area contributed by atoms with Crippen LogP contribution in [0.2, 0.25) is 0 Å². The number of furan rings is 1. The number of amides is 2. The van der Waals surface area contributed by atoms with Gasteiger partial charge in [0.05, 0.1) is 26.6 Å². The van der Waals surface area contributed by atoms with Crippen molar-refractivity contribution in [1.29, 1.82) is 0 Å².